The second-order valence-corrected chi connectivity index (χ2v) is 8.05. The molecule has 0 bridgehead atoms. The predicted molar refractivity (Wildman–Crippen MR) is 106 cm³/mol. The van der Waals surface area contributed by atoms with Crippen molar-refractivity contribution < 1.29 is 24.5 Å². The Balaban J connectivity index is 1.61. The van der Waals surface area contributed by atoms with Crippen molar-refractivity contribution >= 4 is 11.9 Å². The predicted octanol–water partition coefficient (Wildman–Crippen LogP) is 2.35. The first kappa shape index (κ1) is 19.5. The number of aliphatic hydroxyl groups excluding tert-OH is 1. The number of methoxy groups -OCH3 is 1. The van der Waals surface area contributed by atoms with Crippen LogP contribution in [0.1, 0.15) is 41.4 Å². The van der Waals surface area contributed by atoms with E-state index >= 15 is 0 Å². The Kier molecular flexibility index (Phi) is 5.08. The highest BCUT2D eigenvalue weighted by atomic mass is 16.5. The molecule has 2 aliphatic rings. The van der Waals surface area contributed by atoms with Gasteiger partial charge in [-0.3, -0.25) is 9.59 Å². The summed E-state index contributed by atoms with van der Waals surface area (Å²) in [5.41, 5.74) is -0.122. The summed E-state index contributed by atoms with van der Waals surface area (Å²) in [5.74, 6) is -0.642. The van der Waals surface area contributed by atoms with Crippen LogP contribution >= 0.6 is 0 Å². The van der Waals surface area contributed by atoms with Crippen LogP contribution in [0, 0.1) is 5.41 Å². The molecule has 29 heavy (non-hydrogen) atoms. The minimum atomic E-state index is -1.46. The van der Waals surface area contributed by atoms with E-state index in [4.69, 9.17) is 4.74 Å². The van der Waals surface area contributed by atoms with Crippen LogP contribution in [0.25, 0.3) is 0 Å². The number of benzene rings is 1. The van der Waals surface area contributed by atoms with Crippen molar-refractivity contribution in [1.29, 1.82) is 0 Å². The Bertz CT molecular complexity index is 919. The molecule has 0 unspecified atom stereocenters. The van der Waals surface area contributed by atoms with Crippen LogP contribution in [0.2, 0.25) is 0 Å². The second kappa shape index (κ2) is 7.55. The maximum atomic E-state index is 13.2. The maximum absolute atomic E-state index is 13.2. The molecule has 2 atom stereocenters. The standard InChI is InChI=1S/C22H26N2O5/c1-29-17-5-2-4-15(12-17)13-22(21(27)28)14-23(11-9-19(22)25)20(26)18-6-3-10-24(18)16-7-8-16/h2-6,10,12,16,19,25H,7-9,11,13-14H2,1H3,(H,27,28)/t19-,22+/m0/s1. The van der Waals surface area contributed by atoms with Gasteiger partial charge in [-0.2, -0.15) is 0 Å². The molecule has 1 saturated carbocycles. The Labute approximate surface area is 169 Å². The van der Waals surface area contributed by atoms with Gasteiger partial charge in [0.1, 0.15) is 16.9 Å². The number of carboxylic acids is 1. The number of carboxylic acid groups (broad SMARTS) is 1. The number of nitrogens with zero attached hydrogens (tertiary/aromatic N) is 2. The van der Waals surface area contributed by atoms with Crippen molar-refractivity contribution in [1.82, 2.24) is 9.47 Å². The van der Waals surface area contributed by atoms with E-state index in [-0.39, 0.29) is 25.3 Å². The van der Waals surface area contributed by atoms with Gasteiger partial charge in [0, 0.05) is 25.3 Å². The van der Waals surface area contributed by atoms with Crippen molar-refractivity contribution in [3.63, 3.8) is 0 Å². The highest BCUT2D eigenvalue weighted by Gasteiger charge is 2.50. The molecule has 1 aromatic carbocycles. The normalized spacial score (nSPS) is 24.3. The Hall–Kier alpha value is -2.80. The zero-order valence-electron chi connectivity index (χ0n) is 16.5. The van der Waals surface area contributed by atoms with Gasteiger partial charge in [-0.05, 0) is 55.5 Å². The van der Waals surface area contributed by atoms with Crippen LogP contribution < -0.4 is 4.74 Å². The first-order valence-electron chi connectivity index (χ1n) is 9.95. The molecule has 0 spiro atoms. The number of piperidine rings is 1. The van der Waals surface area contributed by atoms with Gasteiger partial charge in [-0.15, -0.1) is 0 Å². The van der Waals surface area contributed by atoms with Gasteiger partial charge < -0.3 is 24.4 Å². The van der Waals surface area contributed by atoms with Crippen LogP contribution in [0.4, 0.5) is 0 Å². The first-order chi connectivity index (χ1) is 13.9. The van der Waals surface area contributed by atoms with Crippen molar-refractivity contribution in [3.8, 4) is 5.75 Å². The number of rotatable bonds is 6. The van der Waals surface area contributed by atoms with E-state index in [0.717, 1.165) is 18.4 Å². The number of aliphatic carboxylic acids is 1. The average molecular weight is 398 g/mol. The summed E-state index contributed by atoms with van der Waals surface area (Å²) in [6.07, 6.45) is 3.33. The lowest BCUT2D eigenvalue weighted by Crippen LogP contribution is -2.58. The molecular weight excluding hydrogens is 372 g/mol. The molecule has 4 rings (SSSR count). The molecule has 2 aromatic rings. The number of aromatic nitrogens is 1. The first-order valence-corrected chi connectivity index (χ1v) is 9.95. The van der Waals surface area contributed by atoms with E-state index in [2.05, 4.69) is 0 Å². The summed E-state index contributed by atoms with van der Waals surface area (Å²) >= 11 is 0. The number of hydrogen-bond donors (Lipinski definition) is 2. The third kappa shape index (κ3) is 3.62. The quantitative estimate of drug-likeness (QED) is 0.779. The maximum Gasteiger partial charge on any atom is 0.314 e. The van der Waals surface area contributed by atoms with E-state index < -0.39 is 17.5 Å². The molecule has 1 aliphatic carbocycles. The number of amides is 1. The van der Waals surface area contributed by atoms with E-state index in [0.29, 0.717) is 24.0 Å². The number of aliphatic hydroxyl groups is 1. The molecule has 1 aromatic heterocycles. The molecule has 1 aliphatic heterocycles. The van der Waals surface area contributed by atoms with Crippen molar-refractivity contribution in [3.05, 3.63) is 53.9 Å². The number of hydrogen-bond acceptors (Lipinski definition) is 4. The fraction of sp³-hybridized carbons (Fsp3) is 0.455. The lowest BCUT2D eigenvalue weighted by molar-refractivity contribution is -0.161. The summed E-state index contributed by atoms with van der Waals surface area (Å²) < 4.78 is 7.22. The van der Waals surface area contributed by atoms with Crippen LogP contribution in [-0.2, 0) is 11.2 Å². The van der Waals surface area contributed by atoms with Crippen molar-refractivity contribution in [2.24, 2.45) is 5.41 Å². The Morgan fingerprint density at radius 3 is 2.69 bits per heavy atom. The SMILES string of the molecule is COc1cccc(C[C@@]2(C(=O)O)CN(C(=O)c3cccn3C3CC3)CC[C@@H]2O)c1. The summed E-state index contributed by atoms with van der Waals surface area (Å²) in [6, 6.07) is 11.2. The Morgan fingerprint density at radius 2 is 2.00 bits per heavy atom. The monoisotopic (exact) mass is 398 g/mol. The number of carbonyl (C=O) groups excluding carboxylic acids is 1. The number of carbonyl (C=O) groups is 2. The van der Waals surface area contributed by atoms with Gasteiger partial charge in [0.15, 0.2) is 0 Å². The van der Waals surface area contributed by atoms with Gasteiger partial charge in [0.25, 0.3) is 5.91 Å². The highest BCUT2D eigenvalue weighted by Crippen LogP contribution is 2.38. The molecule has 154 valence electrons. The minimum Gasteiger partial charge on any atom is -0.497 e. The topological polar surface area (TPSA) is 92.0 Å². The van der Waals surface area contributed by atoms with Gasteiger partial charge >= 0.3 is 5.97 Å². The lowest BCUT2D eigenvalue weighted by atomic mass is 9.72. The summed E-state index contributed by atoms with van der Waals surface area (Å²) in [7, 11) is 1.55. The highest BCUT2D eigenvalue weighted by molar-refractivity contribution is 5.93. The summed E-state index contributed by atoms with van der Waals surface area (Å²) in [5, 5.41) is 20.8. The minimum absolute atomic E-state index is 0.0324. The molecule has 1 amide bonds. The fourth-order valence-electron chi connectivity index (χ4n) is 4.27. The molecule has 1 saturated heterocycles. The van der Waals surface area contributed by atoms with E-state index in [1.54, 1.807) is 36.3 Å². The van der Waals surface area contributed by atoms with Crippen molar-refractivity contribution in [2.45, 2.75) is 37.8 Å². The molecule has 7 heteroatoms. The van der Waals surface area contributed by atoms with Gasteiger partial charge in [-0.1, -0.05) is 12.1 Å². The van der Waals surface area contributed by atoms with Crippen LogP contribution in [0.3, 0.4) is 0 Å². The van der Waals surface area contributed by atoms with Gasteiger partial charge in [0.05, 0.1) is 13.2 Å². The molecule has 0 radical (unpaired) electrons. The largest absolute Gasteiger partial charge is 0.497 e. The lowest BCUT2D eigenvalue weighted by Gasteiger charge is -2.43. The smallest absolute Gasteiger partial charge is 0.314 e. The van der Waals surface area contributed by atoms with Crippen molar-refractivity contribution in [2.75, 3.05) is 20.2 Å². The molecule has 2 fully saturated rings. The van der Waals surface area contributed by atoms with E-state index in [1.807, 2.05) is 22.9 Å². The van der Waals surface area contributed by atoms with Gasteiger partial charge in [0.2, 0.25) is 0 Å². The number of ether oxygens (including phenoxy) is 1. The molecule has 2 N–H and O–H groups in total. The van der Waals surface area contributed by atoms with E-state index in [1.165, 1.54) is 0 Å². The third-order valence-electron chi connectivity index (χ3n) is 6.09. The zero-order valence-corrected chi connectivity index (χ0v) is 16.5. The fourth-order valence-corrected chi connectivity index (χ4v) is 4.27. The average Bonchev–Trinajstić information content (AvgIpc) is 3.45. The van der Waals surface area contributed by atoms with Crippen LogP contribution in [0.5, 0.6) is 5.75 Å². The summed E-state index contributed by atoms with van der Waals surface area (Å²) in [6.45, 7) is 0.304. The van der Waals surface area contributed by atoms with Gasteiger partial charge in [-0.25, -0.2) is 0 Å². The molecule has 7 nitrogen and oxygen atoms in total. The summed E-state index contributed by atoms with van der Waals surface area (Å²) in [4.78, 5) is 27.1. The van der Waals surface area contributed by atoms with Crippen LogP contribution in [0.15, 0.2) is 42.6 Å². The molecule has 2 heterocycles. The third-order valence-corrected chi connectivity index (χ3v) is 6.09. The van der Waals surface area contributed by atoms with Crippen LogP contribution in [-0.4, -0.2) is 57.9 Å². The number of likely N-dealkylation sites (tertiary alicyclic amines) is 1. The Morgan fingerprint density at radius 1 is 1.21 bits per heavy atom. The second-order valence-electron chi connectivity index (χ2n) is 8.05. The zero-order chi connectivity index (χ0) is 20.6. The van der Waals surface area contributed by atoms with E-state index in [9.17, 15) is 19.8 Å². The molecular formula is C22H26N2O5.